The fourth-order valence-electron chi connectivity index (χ4n) is 2.49. The summed E-state index contributed by atoms with van der Waals surface area (Å²) in [6, 6.07) is 2.65. The molecule has 3 heterocycles. The number of hydrogen-bond donors (Lipinski definition) is 1. The van der Waals surface area contributed by atoms with Crippen molar-refractivity contribution in [2.24, 2.45) is 0 Å². The van der Waals surface area contributed by atoms with Crippen molar-refractivity contribution in [3.05, 3.63) is 47.8 Å². The summed E-state index contributed by atoms with van der Waals surface area (Å²) in [5.74, 6) is -2.08. The van der Waals surface area contributed by atoms with Crippen LogP contribution in [0.25, 0.3) is 10.9 Å². The van der Waals surface area contributed by atoms with Crippen LogP contribution in [-0.2, 0) is 6.54 Å². The summed E-state index contributed by atoms with van der Waals surface area (Å²) in [4.78, 5) is 19.7. The van der Waals surface area contributed by atoms with Crippen molar-refractivity contribution in [3.63, 3.8) is 0 Å². The molecule has 1 N–H and O–H groups in total. The monoisotopic (exact) mass is 397 g/mol. The lowest BCUT2D eigenvalue weighted by molar-refractivity contribution is -0.154. The predicted octanol–water partition coefficient (Wildman–Crippen LogP) is 2.70. The Morgan fingerprint density at radius 3 is 2.79 bits per heavy atom. The van der Waals surface area contributed by atoms with Crippen LogP contribution < -0.4 is 10.1 Å². The minimum atomic E-state index is -4.59. The number of hydrogen-bond acceptors (Lipinski definition) is 5. The van der Waals surface area contributed by atoms with Gasteiger partial charge < -0.3 is 10.1 Å². The van der Waals surface area contributed by atoms with Gasteiger partial charge in [0, 0.05) is 25.1 Å². The first-order valence-corrected chi connectivity index (χ1v) is 8.21. The van der Waals surface area contributed by atoms with E-state index in [0.29, 0.717) is 23.0 Å². The summed E-state index contributed by atoms with van der Waals surface area (Å²) >= 11 is 0. The van der Waals surface area contributed by atoms with Gasteiger partial charge in [0.15, 0.2) is 12.4 Å². The van der Waals surface area contributed by atoms with Gasteiger partial charge >= 0.3 is 6.18 Å². The third-order valence-electron chi connectivity index (χ3n) is 3.62. The molecular formula is C17H15F4N5O2. The fraction of sp³-hybridized carbons (Fsp3) is 0.294. The quantitative estimate of drug-likeness (QED) is 0.647. The number of alkyl halides is 3. The number of rotatable bonds is 6. The molecule has 0 aromatic carbocycles. The summed E-state index contributed by atoms with van der Waals surface area (Å²) < 4.78 is 56.2. The van der Waals surface area contributed by atoms with Crippen molar-refractivity contribution in [2.45, 2.75) is 19.6 Å². The lowest BCUT2D eigenvalue weighted by Crippen LogP contribution is -2.23. The molecule has 148 valence electrons. The number of amides is 1. The zero-order chi connectivity index (χ0) is 20.3. The second-order valence-corrected chi connectivity index (χ2v) is 5.81. The number of nitrogens with zero attached hydrogens (tertiary/aromatic N) is 4. The summed E-state index contributed by atoms with van der Waals surface area (Å²) in [6.07, 6.45) is -0.348. The summed E-state index contributed by atoms with van der Waals surface area (Å²) in [5.41, 5.74) is 1.10. The summed E-state index contributed by atoms with van der Waals surface area (Å²) in [5, 5.41) is 7.48. The number of aromatic nitrogens is 4. The molecule has 7 nitrogen and oxygen atoms in total. The van der Waals surface area contributed by atoms with Gasteiger partial charge in [-0.25, -0.2) is 9.37 Å². The van der Waals surface area contributed by atoms with Gasteiger partial charge in [-0.05, 0) is 24.6 Å². The van der Waals surface area contributed by atoms with Gasteiger partial charge in [0.1, 0.15) is 5.69 Å². The van der Waals surface area contributed by atoms with E-state index in [0.717, 1.165) is 6.07 Å². The molecule has 0 aliphatic carbocycles. The highest BCUT2D eigenvalue weighted by atomic mass is 19.4. The molecule has 0 atom stereocenters. The number of ether oxygens (including phenoxy) is 1. The van der Waals surface area contributed by atoms with E-state index in [1.165, 1.54) is 17.1 Å². The minimum absolute atomic E-state index is 0.0903. The average Bonchev–Trinajstić information content (AvgIpc) is 3.02. The Kier molecular flexibility index (Phi) is 5.43. The number of halogens is 4. The first-order chi connectivity index (χ1) is 13.3. The molecule has 0 unspecified atom stereocenters. The SMILES string of the molecule is CCNC(=O)c1nccc2nn(Cc3cnc(OCC(F)(F)F)c(F)c3)cc12. The van der Waals surface area contributed by atoms with Crippen LogP contribution in [0.5, 0.6) is 5.88 Å². The van der Waals surface area contributed by atoms with Gasteiger partial charge in [0.2, 0.25) is 0 Å². The van der Waals surface area contributed by atoms with Crippen LogP contribution in [0.1, 0.15) is 23.0 Å². The molecule has 0 fully saturated rings. The topological polar surface area (TPSA) is 81.9 Å². The van der Waals surface area contributed by atoms with E-state index in [2.05, 4.69) is 25.1 Å². The van der Waals surface area contributed by atoms with Crippen LogP contribution in [0.3, 0.4) is 0 Å². The third kappa shape index (κ3) is 4.53. The maximum absolute atomic E-state index is 13.9. The normalized spacial score (nSPS) is 11.6. The maximum Gasteiger partial charge on any atom is 0.422 e. The Balaban J connectivity index is 1.80. The molecule has 0 saturated carbocycles. The van der Waals surface area contributed by atoms with Crippen molar-refractivity contribution in [3.8, 4) is 5.88 Å². The second kappa shape index (κ2) is 7.79. The number of carbonyl (C=O) groups is 1. The zero-order valence-corrected chi connectivity index (χ0v) is 14.6. The van der Waals surface area contributed by atoms with E-state index in [-0.39, 0.29) is 18.1 Å². The Bertz CT molecular complexity index is 1000. The summed E-state index contributed by atoms with van der Waals surface area (Å²) in [6.45, 7) is 0.688. The van der Waals surface area contributed by atoms with Crippen molar-refractivity contribution in [2.75, 3.05) is 13.2 Å². The highest BCUT2D eigenvalue weighted by Gasteiger charge is 2.29. The molecule has 0 spiro atoms. The minimum Gasteiger partial charge on any atom is -0.466 e. The van der Waals surface area contributed by atoms with Crippen LogP contribution in [0.4, 0.5) is 17.6 Å². The number of carbonyl (C=O) groups excluding carboxylic acids is 1. The molecule has 3 aromatic heterocycles. The van der Waals surface area contributed by atoms with Crippen LogP contribution in [0, 0.1) is 5.82 Å². The van der Waals surface area contributed by atoms with Gasteiger partial charge in [0.05, 0.1) is 17.4 Å². The van der Waals surface area contributed by atoms with Crippen LogP contribution >= 0.6 is 0 Å². The molecule has 1 amide bonds. The van der Waals surface area contributed by atoms with Gasteiger partial charge in [-0.3, -0.25) is 14.5 Å². The molecule has 11 heteroatoms. The van der Waals surface area contributed by atoms with E-state index < -0.39 is 24.5 Å². The molecule has 3 rings (SSSR count). The van der Waals surface area contributed by atoms with E-state index in [4.69, 9.17) is 0 Å². The van der Waals surface area contributed by atoms with Gasteiger partial charge in [0.25, 0.3) is 11.8 Å². The molecule has 0 radical (unpaired) electrons. The Morgan fingerprint density at radius 1 is 1.32 bits per heavy atom. The fourth-order valence-corrected chi connectivity index (χ4v) is 2.49. The Morgan fingerprint density at radius 2 is 2.11 bits per heavy atom. The van der Waals surface area contributed by atoms with Crippen LogP contribution in [-0.4, -0.2) is 45.0 Å². The second-order valence-electron chi connectivity index (χ2n) is 5.81. The zero-order valence-electron chi connectivity index (χ0n) is 14.6. The van der Waals surface area contributed by atoms with Crippen molar-refractivity contribution in [1.82, 2.24) is 25.1 Å². The molecule has 0 bridgehead atoms. The van der Waals surface area contributed by atoms with Gasteiger partial charge in [-0.15, -0.1) is 0 Å². The number of nitrogens with one attached hydrogen (secondary N) is 1. The Hall–Kier alpha value is -3.24. The third-order valence-corrected chi connectivity index (χ3v) is 3.62. The average molecular weight is 397 g/mol. The molecular weight excluding hydrogens is 382 g/mol. The number of pyridine rings is 2. The number of fused-ring (bicyclic) bond motifs is 1. The van der Waals surface area contributed by atoms with E-state index in [9.17, 15) is 22.4 Å². The van der Waals surface area contributed by atoms with E-state index >= 15 is 0 Å². The molecule has 0 aliphatic heterocycles. The molecule has 28 heavy (non-hydrogen) atoms. The van der Waals surface area contributed by atoms with Crippen molar-refractivity contribution >= 4 is 16.8 Å². The molecule has 0 aliphatic rings. The van der Waals surface area contributed by atoms with E-state index in [1.54, 1.807) is 19.2 Å². The Labute approximate surface area is 156 Å². The molecule has 0 saturated heterocycles. The largest absolute Gasteiger partial charge is 0.466 e. The maximum atomic E-state index is 13.9. The molecule has 3 aromatic rings. The smallest absolute Gasteiger partial charge is 0.422 e. The van der Waals surface area contributed by atoms with Crippen LogP contribution in [0.15, 0.2) is 30.7 Å². The standard InChI is InChI=1S/C17H15F4N5O2/c1-2-22-15(27)14-11-8-26(25-13(11)3-4-23-14)7-10-5-12(18)16(24-6-10)28-9-17(19,20)21/h3-6,8H,2,7,9H2,1H3,(H,22,27). The first-order valence-electron chi connectivity index (χ1n) is 8.21. The van der Waals surface area contributed by atoms with Gasteiger partial charge in [-0.2, -0.15) is 18.3 Å². The summed E-state index contributed by atoms with van der Waals surface area (Å²) in [7, 11) is 0. The van der Waals surface area contributed by atoms with E-state index in [1.807, 2.05) is 0 Å². The lowest BCUT2D eigenvalue weighted by atomic mass is 10.2. The highest BCUT2D eigenvalue weighted by Crippen LogP contribution is 2.21. The predicted molar refractivity (Wildman–Crippen MR) is 90.4 cm³/mol. The lowest BCUT2D eigenvalue weighted by Gasteiger charge is -2.09. The van der Waals surface area contributed by atoms with Crippen molar-refractivity contribution < 1.29 is 27.1 Å². The van der Waals surface area contributed by atoms with Crippen LogP contribution in [0.2, 0.25) is 0 Å². The highest BCUT2D eigenvalue weighted by molar-refractivity contribution is 6.04. The first kappa shape index (κ1) is 19.5. The van der Waals surface area contributed by atoms with Crippen molar-refractivity contribution in [1.29, 1.82) is 0 Å². The van der Waals surface area contributed by atoms with Gasteiger partial charge in [-0.1, -0.05) is 0 Å².